The Labute approximate surface area is 115 Å². The third kappa shape index (κ3) is 2.46. The van der Waals surface area contributed by atoms with Crippen molar-refractivity contribution >= 4 is 33.4 Å². The minimum atomic E-state index is -0.776. The second-order valence-electron chi connectivity index (χ2n) is 4.44. The SMILES string of the molecule is Cc1csc2c(C#N)ccc(N[C@@H](C=O)[C@H](C)O)c12. The van der Waals surface area contributed by atoms with Gasteiger partial charge in [0, 0.05) is 11.1 Å². The Kier molecular flexibility index (Phi) is 3.84. The Morgan fingerprint density at radius 2 is 2.26 bits per heavy atom. The van der Waals surface area contributed by atoms with Crippen molar-refractivity contribution < 1.29 is 9.90 Å². The summed E-state index contributed by atoms with van der Waals surface area (Å²) in [6.07, 6.45) is -0.0849. The van der Waals surface area contributed by atoms with Crippen molar-refractivity contribution in [2.75, 3.05) is 5.32 Å². The zero-order chi connectivity index (χ0) is 14.0. The molecule has 0 aliphatic heterocycles. The van der Waals surface area contributed by atoms with Crippen LogP contribution in [0.3, 0.4) is 0 Å². The van der Waals surface area contributed by atoms with Crippen LogP contribution in [0.5, 0.6) is 0 Å². The second kappa shape index (κ2) is 5.39. The zero-order valence-electron chi connectivity index (χ0n) is 10.7. The molecule has 0 radical (unpaired) electrons. The fourth-order valence-corrected chi connectivity index (χ4v) is 3.00. The van der Waals surface area contributed by atoms with Crippen LogP contribution in [0.4, 0.5) is 5.69 Å². The van der Waals surface area contributed by atoms with Crippen molar-refractivity contribution in [1.29, 1.82) is 5.26 Å². The number of aldehydes is 1. The molecule has 2 atom stereocenters. The second-order valence-corrected chi connectivity index (χ2v) is 5.32. The van der Waals surface area contributed by atoms with Gasteiger partial charge in [0.05, 0.1) is 16.4 Å². The Bertz CT molecular complexity index is 655. The van der Waals surface area contributed by atoms with E-state index >= 15 is 0 Å². The van der Waals surface area contributed by atoms with Crippen molar-refractivity contribution in [3.05, 3.63) is 28.6 Å². The van der Waals surface area contributed by atoms with Crippen LogP contribution in [0.1, 0.15) is 18.1 Å². The number of carbonyl (C=O) groups excluding carboxylic acids is 1. The van der Waals surface area contributed by atoms with Gasteiger partial charge in [-0.15, -0.1) is 11.3 Å². The van der Waals surface area contributed by atoms with E-state index in [1.165, 1.54) is 11.3 Å². The summed E-state index contributed by atoms with van der Waals surface area (Å²) in [7, 11) is 0. The molecule has 1 aromatic carbocycles. The lowest BCUT2D eigenvalue weighted by Gasteiger charge is -2.18. The van der Waals surface area contributed by atoms with Crippen molar-refractivity contribution in [3.63, 3.8) is 0 Å². The highest BCUT2D eigenvalue weighted by molar-refractivity contribution is 7.17. The van der Waals surface area contributed by atoms with Gasteiger partial charge in [0.15, 0.2) is 0 Å². The number of hydrogen-bond donors (Lipinski definition) is 2. The number of thiophene rings is 1. The number of hydrogen-bond acceptors (Lipinski definition) is 5. The normalized spacial score (nSPS) is 13.8. The molecular weight excluding hydrogens is 260 g/mol. The molecule has 0 fully saturated rings. The predicted molar refractivity (Wildman–Crippen MR) is 76.4 cm³/mol. The van der Waals surface area contributed by atoms with Crippen LogP contribution < -0.4 is 5.32 Å². The highest BCUT2D eigenvalue weighted by Gasteiger charge is 2.17. The van der Waals surface area contributed by atoms with E-state index in [0.717, 1.165) is 21.3 Å². The van der Waals surface area contributed by atoms with E-state index in [9.17, 15) is 9.90 Å². The van der Waals surface area contributed by atoms with Crippen LogP contribution in [-0.4, -0.2) is 23.5 Å². The number of anilines is 1. The predicted octanol–water partition coefficient (Wildman–Crippen LogP) is 2.44. The van der Waals surface area contributed by atoms with Gasteiger partial charge >= 0.3 is 0 Å². The van der Waals surface area contributed by atoms with Crippen LogP contribution in [0, 0.1) is 18.3 Å². The molecule has 0 spiro atoms. The molecule has 2 N–H and O–H groups in total. The molecule has 0 amide bonds. The highest BCUT2D eigenvalue weighted by atomic mass is 32.1. The van der Waals surface area contributed by atoms with Gasteiger partial charge in [-0.3, -0.25) is 0 Å². The molecule has 0 saturated heterocycles. The minimum Gasteiger partial charge on any atom is -0.391 e. The summed E-state index contributed by atoms with van der Waals surface area (Å²) in [5.74, 6) is 0. The number of aliphatic hydroxyl groups is 1. The summed E-state index contributed by atoms with van der Waals surface area (Å²) >= 11 is 1.51. The summed E-state index contributed by atoms with van der Waals surface area (Å²) in [5.41, 5.74) is 2.44. The molecule has 1 aromatic heterocycles. The van der Waals surface area contributed by atoms with E-state index in [1.807, 2.05) is 12.3 Å². The van der Waals surface area contributed by atoms with E-state index in [-0.39, 0.29) is 0 Å². The van der Waals surface area contributed by atoms with Crippen LogP contribution in [0.2, 0.25) is 0 Å². The van der Waals surface area contributed by atoms with Crippen LogP contribution in [0.15, 0.2) is 17.5 Å². The molecule has 98 valence electrons. The number of aryl methyl sites for hydroxylation is 1. The molecule has 0 saturated carbocycles. The summed E-state index contributed by atoms with van der Waals surface area (Å²) in [4.78, 5) is 11.0. The smallest absolute Gasteiger partial charge is 0.144 e. The summed E-state index contributed by atoms with van der Waals surface area (Å²) < 4.78 is 0.903. The number of rotatable bonds is 4. The maximum absolute atomic E-state index is 11.0. The molecule has 0 aliphatic rings. The lowest BCUT2D eigenvalue weighted by molar-refractivity contribution is -0.110. The lowest BCUT2D eigenvalue weighted by Crippen LogP contribution is -2.32. The number of nitrogens with one attached hydrogen (secondary N) is 1. The number of carbonyl (C=O) groups is 1. The maximum Gasteiger partial charge on any atom is 0.144 e. The van der Waals surface area contributed by atoms with Gasteiger partial charge in [0.2, 0.25) is 0 Å². The third-order valence-corrected chi connectivity index (χ3v) is 4.15. The topological polar surface area (TPSA) is 73.1 Å². The Balaban J connectivity index is 2.53. The van der Waals surface area contributed by atoms with E-state index < -0.39 is 12.1 Å². The first-order chi connectivity index (χ1) is 9.08. The lowest BCUT2D eigenvalue weighted by atomic mass is 10.1. The molecule has 2 rings (SSSR count). The van der Waals surface area contributed by atoms with Gasteiger partial charge in [-0.25, -0.2) is 0 Å². The standard InChI is InChI=1S/C14H14N2O2S/c1-8-7-19-14-10(5-15)3-4-11(13(8)14)16-12(6-17)9(2)18/h3-4,6-7,9,12,16,18H,1-2H3/t9-,12-/m0/s1. The fraction of sp³-hybridized carbons (Fsp3) is 0.286. The first-order valence-electron chi connectivity index (χ1n) is 5.89. The molecule has 0 bridgehead atoms. The zero-order valence-corrected chi connectivity index (χ0v) is 11.5. The molecular formula is C14H14N2O2S. The number of nitriles is 1. The monoisotopic (exact) mass is 274 g/mol. The van der Waals surface area contributed by atoms with Gasteiger partial charge in [-0.05, 0) is 36.9 Å². The molecule has 1 heterocycles. The van der Waals surface area contributed by atoms with Crippen LogP contribution in [0.25, 0.3) is 10.1 Å². The Hall–Kier alpha value is -1.90. The summed E-state index contributed by atoms with van der Waals surface area (Å²) in [6.45, 7) is 3.52. The average molecular weight is 274 g/mol. The molecule has 2 aromatic rings. The molecule has 5 heteroatoms. The number of benzene rings is 1. The van der Waals surface area contributed by atoms with Crippen molar-refractivity contribution in [2.24, 2.45) is 0 Å². The fourth-order valence-electron chi connectivity index (χ4n) is 1.96. The van der Waals surface area contributed by atoms with Gasteiger partial charge in [0.25, 0.3) is 0 Å². The van der Waals surface area contributed by atoms with E-state index in [2.05, 4.69) is 11.4 Å². The Morgan fingerprint density at radius 3 is 2.84 bits per heavy atom. The van der Waals surface area contributed by atoms with Gasteiger partial charge in [-0.1, -0.05) is 0 Å². The number of fused-ring (bicyclic) bond motifs is 1. The molecule has 0 unspecified atom stereocenters. The van der Waals surface area contributed by atoms with Crippen molar-refractivity contribution in [1.82, 2.24) is 0 Å². The van der Waals surface area contributed by atoms with Crippen molar-refractivity contribution in [3.8, 4) is 6.07 Å². The van der Waals surface area contributed by atoms with Gasteiger partial charge in [0.1, 0.15) is 18.4 Å². The van der Waals surface area contributed by atoms with E-state index in [4.69, 9.17) is 5.26 Å². The maximum atomic E-state index is 11.0. The summed E-state index contributed by atoms with van der Waals surface area (Å²) in [6, 6.07) is 5.01. The largest absolute Gasteiger partial charge is 0.391 e. The van der Waals surface area contributed by atoms with Gasteiger partial charge < -0.3 is 15.2 Å². The van der Waals surface area contributed by atoms with E-state index in [1.54, 1.807) is 19.1 Å². The Morgan fingerprint density at radius 1 is 1.53 bits per heavy atom. The minimum absolute atomic E-state index is 0.623. The van der Waals surface area contributed by atoms with Crippen LogP contribution >= 0.6 is 11.3 Å². The molecule has 4 nitrogen and oxygen atoms in total. The molecule has 19 heavy (non-hydrogen) atoms. The van der Waals surface area contributed by atoms with Gasteiger partial charge in [-0.2, -0.15) is 5.26 Å². The quantitative estimate of drug-likeness (QED) is 0.840. The van der Waals surface area contributed by atoms with Crippen molar-refractivity contribution in [2.45, 2.75) is 26.0 Å². The first-order valence-corrected chi connectivity index (χ1v) is 6.77. The summed E-state index contributed by atoms with van der Waals surface area (Å²) in [5, 5.41) is 24.6. The number of aliphatic hydroxyl groups excluding tert-OH is 1. The van der Waals surface area contributed by atoms with Crippen LogP contribution in [-0.2, 0) is 4.79 Å². The molecule has 0 aliphatic carbocycles. The highest BCUT2D eigenvalue weighted by Crippen LogP contribution is 2.34. The first kappa shape index (κ1) is 13.5. The number of nitrogens with zero attached hydrogens (tertiary/aromatic N) is 1. The average Bonchev–Trinajstić information content (AvgIpc) is 2.78. The third-order valence-electron chi connectivity index (χ3n) is 3.01. The van der Waals surface area contributed by atoms with E-state index in [0.29, 0.717) is 11.8 Å².